The topological polar surface area (TPSA) is 18.5 Å². The number of ether oxygens (including phenoxy) is 2. The highest BCUT2D eigenvalue weighted by atomic mass is 32.2. The van der Waals surface area contributed by atoms with E-state index in [4.69, 9.17) is 9.47 Å². The summed E-state index contributed by atoms with van der Waals surface area (Å²) in [7, 11) is 0. The first-order chi connectivity index (χ1) is 7.74. The number of rotatable bonds is 0. The van der Waals surface area contributed by atoms with Crippen LogP contribution >= 0.6 is 23.5 Å². The summed E-state index contributed by atoms with van der Waals surface area (Å²) in [5.41, 5.74) is 0. The summed E-state index contributed by atoms with van der Waals surface area (Å²) < 4.78 is 11.8. The Morgan fingerprint density at radius 2 is 1.81 bits per heavy atom. The summed E-state index contributed by atoms with van der Waals surface area (Å²) in [6, 6.07) is 4.19. The average molecular weight is 254 g/mol. The molecule has 4 rings (SSSR count). The number of benzene rings is 1. The quantitative estimate of drug-likeness (QED) is 0.705. The van der Waals surface area contributed by atoms with Crippen molar-refractivity contribution in [2.75, 3.05) is 11.5 Å². The van der Waals surface area contributed by atoms with Crippen LogP contribution in [0.5, 0.6) is 11.5 Å². The van der Waals surface area contributed by atoms with Crippen LogP contribution in [0.1, 0.15) is 13.8 Å². The van der Waals surface area contributed by atoms with Crippen molar-refractivity contribution in [2.24, 2.45) is 0 Å². The van der Waals surface area contributed by atoms with Gasteiger partial charge in [-0.15, -0.1) is 23.5 Å². The lowest BCUT2D eigenvalue weighted by Crippen LogP contribution is -2.23. The third-order valence-electron chi connectivity index (χ3n) is 2.62. The SMILES string of the molecule is CC1CSc2ccc(c3c2SCC(C)O3)O1. The average Bonchev–Trinajstić information content (AvgIpc) is 2.24. The summed E-state index contributed by atoms with van der Waals surface area (Å²) in [4.78, 5) is 2.61. The van der Waals surface area contributed by atoms with Crippen molar-refractivity contribution in [3.05, 3.63) is 12.1 Å². The molecule has 0 radical (unpaired) electrons. The second-order valence-electron chi connectivity index (χ2n) is 4.20. The Kier molecular flexibility index (Phi) is 2.72. The lowest BCUT2D eigenvalue weighted by molar-refractivity contribution is 0.192. The fraction of sp³-hybridized carbons (Fsp3) is 0.500. The molecule has 0 saturated carbocycles. The summed E-state index contributed by atoms with van der Waals surface area (Å²) in [5.74, 6) is 3.90. The maximum Gasteiger partial charge on any atom is 0.176 e. The third kappa shape index (κ3) is 1.78. The summed E-state index contributed by atoms with van der Waals surface area (Å²) in [5, 5.41) is 0. The molecule has 4 heteroatoms. The molecular formula is C12H14O2S2. The maximum absolute atomic E-state index is 5.92. The molecule has 3 heterocycles. The van der Waals surface area contributed by atoms with Gasteiger partial charge in [-0.1, -0.05) is 0 Å². The lowest BCUT2D eigenvalue weighted by atomic mass is 10.3. The van der Waals surface area contributed by atoms with E-state index in [2.05, 4.69) is 19.9 Å². The van der Waals surface area contributed by atoms with Crippen molar-refractivity contribution in [1.82, 2.24) is 0 Å². The van der Waals surface area contributed by atoms with Crippen molar-refractivity contribution >= 4 is 23.5 Å². The highest BCUT2D eigenvalue weighted by Crippen LogP contribution is 2.49. The van der Waals surface area contributed by atoms with E-state index in [1.165, 1.54) is 9.79 Å². The van der Waals surface area contributed by atoms with Gasteiger partial charge in [0, 0.05) is 16.4 Å². The van der Waals surface area contributed by atoms with E-state index in [0.717, 1.165) is 23.0 Å². The van der Waals surface area contributed by atoms with Crippen LogP contribution in [0, 0.1) is 0 Å². The monoisotopic (exact) mass is 254 g/mol. The first-order valence-electron chi connectivity index (χ1n) is 5.50. The van der Waals surface area contributed by atoms with E-state index in [-0.39, 0.29) is 12.2 Å². The molecule has 0 spiro atoms. The second kappa shape index (κ2) is 4.08. The zero-order chi connectivity index (χ0) is 11.1. The predicted molar refractivity (Wildman–Crippen MR) is 68.1 cm³/mol. The van der Waals surface area contributed by atoms with Crippen molar-refractivity contribution in [2.45, 2.75) is 35.8 Å². The smallest absolute Gasteiger partial charge is 0.176 e. The van der Waals surface area contributed by atoms with Gasteiger partial charge in [0.2, 0.25) is 0 Å². The standard InChI is InChI=1S/C12H14O2S2/c1-7-5-15-10-4-3-9(13-7)11-12(10)16-6-8(2)14-11/h3-4,7-8H,5-6H2,1-2H3. The molecule has 0 N–H and O–H groups in total. The van der Waals surface area contributed by atoms with Crippen LogP contribution in [-0.4, -0.2) is 23.7 Å². The fourth-order valence-corrected chi connectivity index (χ4v) is 4.06. The molecule has 0 aromatic heterocycles. The van der Waals surface area contributed by atoms with Gasteiger partial charge in [0.05, 0.1) is 4.90 Å². The number of hydrogen-bond acceptors (Lipinski definition) is 4. The minimum Gasteiger partial charge on any atom is -0.486 e. The largest absolute Gasteiger partial charge is 0.486 e. The van der Waals surface area contributed by atoms with Crippen molar-refractivity contribution in [3.8, 4) is 11.5 Å². The molecule has 1 aromatic carbocycles. The molecule has 2 nitrogen and oxygen atoms in total. The third-order valence-corrected chi connectivity index (χ3v) is 5.37. The van der Waals surface area contributed by atoms with Crippen LogP contribution in [0.4, 0.5) is 0 Å². The zero-order valence-electron chi connectivity index (χ0n) is 9.36. The van der Waals surface area contributed by atoms with E-state index < -0.39 is 0 Å². The van der Waals surface area contributed by atoms with Gasteiger partial charge in [-0.05, 0) is 26.0 Å². The van der Waals surface area contributed by atoms with Crippen LogP contribution < -0.4 is 9.47 Å². The van der Waals surface area contributed by atoms with Crippen LogP contribution in [0.2, 0.25) is 0 Å². The van der Waals surface area contributed by atoms with E-state index in [9.17, 15) is 0 Å². The molecule has 2 unspecified atom stereocenters. The lowest BCUT2D eigenvalue weighted by Gasteiger charge is -2.29. The van der Waals surface area contributed by atoms with Crippen LogP contribution in [-0.2, 0) is 0 Å². The molecule has 3 aliphatic heterocycles. The van der Waals surface area contributed by atoms with Gasteiger partial charge in [-0.2, -0.15) is 0 Å². The molecule has 1 aromatic rings. The van der Waals surface area contributed by atoms with Crippen LogP contribution in [0.25, 0.3) is 0 Å². The van der Waals surface area contributed by atoms with Gasteiger partial charge in [0.15, 0.2) is 11.5 Å². The molecule has 16 heavy (non-hydrogen) atoms. The highest BCUT2D eigenvalue weighted by molar-refractivity contribution is 8.02. The van der Waals surface area contributed by atoms with Gasteiger partial charge < -0.3 is 9.47 Å². The summed E-state index contributed by atoms with van der Waals surface area (Å²) in [6.45, 7) is 4.21. The van der Waals surface area contributed by atoms with Gasteiger partial charge in [0.1, 0.15) is 12.2 Å². The van der Waals surface area contributed by atoms with Crippen LogP contribution in [0.15, 0.2) is 21.9 Å². The maximum atomic E-state index is 5.92. The molecule has 2 atom stereocenters. The molecule has 3 aliphatic rings. The Bertz CT molecular complexity index is 420. The molecule has 86 valence electrons. The number of fused-ring (bicyclic) bond motifs is 4. The van der Waals surface area contributed by atoms with E-state index >= 15 is 0 Å². The van der Waals surface area contributed by atoms with E-state index in [1.807, 2.05) is 29.6 Å². The van der Waals surface area contributed by atoms with Crippen molar-refractivity contribution in [1.29, 1.82) is 0 Å². The summed E-state index contributed by atoms with van der Waals surface area (Å²) in [6.07, 6.45) is 0.523. The number of hydrogen-bond donors (Lipinski definition) is 0. The number of thioether (sulfide) groups is 2. The predicted octanol–water partition coefficient (Wildman–Crippen LogP) is 3.43. The zero-order valence-corrected chi connectivity index (χ0v) is 11.0. The first-order valence-corrected chi connectivity index (χ1v) is 7.47. The van der Waals surface area contributed by atoms with Crippen molar-refractivity contribution < 1.29 is 9.47 Å². The molecule has 0 aliphatic carbocycles. The summed E-state index contributed by atoms with van der Waals surface area (Å²) >= 11 is 3.75. The fourth-order valence-electron chi connectivity index (χ4n) is 1.88. The second-order valence-corrected chi connectivity index (χ2v) is 6.29. The Balaban J connectivity index is 2.10. The first kappa shape index (κ1) is 10.7. The van der Waals surface area contributed by atoms with Gasteiger partial charge in [0.25, 0.3) is 0 Å². The molecule has 0 fully saturated rings. The Morgan fingerprint density at radius 3 is 2.69 bits per heavy atom. The van der Waals surface area contributed by atoms with Crippen molar-refractivity contribution in [3.63, 3.8) is 0 Å². The minimum absolute atomic E-state index is 0.250. The van der Waals surface area contributed by atoms with Gasteiger partial charge >= 0.3 is 0 Å². The van der Waals surface area contributed by atoms with Crippen LogP contribution in [0.3, 0.4) is 0 Å². The van der Waals surface area contributed by atoms with E-state index in [0.29, 0.717) is 0 Å². The highest BCUT2D eigenvalue weighted by Gasteiger charge is 2.27. The minimum atomic E-state index is 0.250. The Morgan fingerprint density at radius 1 is 1.06 bits per heavy atom. The van der Waals surface area contributed by atoms with Gasteiger partial charge in [-0.3, -0.25) is 0 Å². The van der Waals surface area contributed by atoms with Gasteiger partial charge in [-0.25, -0.2) is 0 Å². The van der Waals surface area contributed by atoms with E-state index in [1.54, 1.807) is 0 Å². The Hall–Kier alpha value is -0.480. The molecule has 2 bridgehead atoms. The molecular weight excluding hydrogens is 240 g/mol. The molecule has 0 amide bonds. The Labute approximate surface area is 104 Å². The normalized spacial score (nSPS) is 27.4. The molecule has 0 saturated heterocycles.